The molecule has 0 aromatic heterocycles. The number of hydrogen-bond donors (Lipinski definition) is 1. The zero-order chi connectivity index (χ0) is 9.50. The van der Waals surface area contributed by atoms with Crippen molar-refractivity contribution in [2.24, 2.45) is 29.1 Å². The summed E-state index contributed by atoms with van der Waals surface area (Å²) in [6.07, 6.45) is 6.78. The molecule has 0 radical (unpaired) electrons. The lowest BCUT2D eigenvalue weighted by Gasteiger charge is -2.15. The van der Waals surface area contributed by atoms with Gasteiger partial charge in [0, 0.05) is 0 Å². The molecule has 1 spiro atoms. The molecule has 2 amide bonds. The molecule has 3 fully saturated rings. The Labute approximate surface area is 81.5 Å². The topological polar surface area (TPSA) is 46.2 Å². The van der Waals surface area contributed by atoms with Crippen LogP contribution in [0.4, 0.5) is 0 Å². The van der Waals surface area contributed by atoms with Gasteiger partial charge in [-0.15, -0.1) is 0 Å². The van der Waals surface area contributed by atoms with Crippen LogP contribution in [0.2, 0.25) is 0 Å². The Morgan fingerprint density at radius 1 is 1.07 bits per heavy atom. The highest BCUT2D eigenvalue weighted by Gasteiger charge is 2.71. The van der Waals surface area contributed by atoms with E-state index in [1.807, 2.05) is 0 Å². The van der Waals surface area contributed by atoms with E-state index in [4.69, 9.17) is 0 Å². The van der Waals surface area contributed by atoms with Gasteiger partial charge in [0.1, 0.15) is 0 Å². The number of rotatable bonds is 0. The average molecular weight is 189 g/mol. The molecular weight excluding hydrogens is 178 g/mol. The molecule has 0 aromatic rings. The maximum atomic E-state index is 11.6. The lowest BCUT2D eigenvalue weighted by Crippen LogP contribution is -2.28. The van der Waals surface area contributed by atoms with Gasteiger partial charge in [0.2, 0.25) is 11.8 Å². The smallest absolute Gasteiger partial charge is 0.231 e. The maximum absolute atomic E-state index is 11.6. The van der Waals surface area contributed by atoms with Crippen molar-refractivity contribution in [3.63, 3.8) is 0 Å². The van der Waals surface area contributed by atoms with Gasteiger partial charge in [0.25, 0.3) is 0 Å². The minimum Gasteiger partial charge on any atom is -0.296 e. The van der Waals surface area contributed by atoms with Crippen molar-refractivity contribution in [2.75, 3.05) is 0 Å². The average Bonchev–Trinajstić information content (AvgIpc) is 2.72. The third-order valence-corrected chi connectivity index (χ3v) is 4.69. The number of allylic oxidation sites excluding steroid dienone is 2. The van der Waals surface area contributed by atoms with E-state index < -0.39 is 0 Å². The first kappa shape index (κ1) is 7.21. The molecule has 3 heteroatoms. The molecule has 4 rings (SSSR count). The molecule has 4 unspecified atom stereocenters. The monoisotopic (exact) mass is 189 g/mol. The van der Waals surface area contributed by atoms with Gasteiger partial charge < -0.3 is 0 Å². The molecule has 4 aliphatic rings. The van der Waals surface area contributed by atoms with Crippen LogP contribution in [-0.4, -0.2) is 11.8 Å². The van der Waals surface area contributed by atoms with Gasteiger partial charge in [-0.25, -0.2) is 0 Å². The number of amides is 2. The van der Waals surface area contributed by atoms with Gasteiger partial charge in [-0.3, -0.25) is 14.9 Å². The Morgan fingerprint density at radius 3 is 2.00 bits per heavy atom. The summed E-state index contributed by atoms with van der Waals surface area (Å²) >= 11 is 0. The molecule has 1 aliphatic heterocycles. The Hall–Kier alpha value is -1.12. The first-order valence-electron chi connectivity index (χ1n) is 5.27. The second kappa shape index (κ2) is 1.81. The SMILES string of the molecule is O=C1NC(=O)C2C1C1C=CC2C12CC2. The van der Waals surface area contributed by atoms with Crippen molar-refractivity contribution in [2.45, 2.75) is 12.8 Å². The molecule has 2 saturated carbocycles. The second-order valence-electron chi connectivity index (χ2n) is 5.07. The fourth-order valence-electron chi connectivity index (χ4n) is 4.00. The quantitative estimate of drug-likeness (QED) is 0.445. The Morgan fingerprint density at radius 2 is 1.57 bits per heavy atom. The molecular formula is C11H11NO2. The largest absolute Gasteiger partial charge is 0.296 e. The minimum absolute atomic E-state index is 0.0249. The second-order valence-corrected chi connectivity index (χ2v) is 5.07. The van der Waals surface area contributed by atoms with Gasteiger partial charge >= 0.3 is 0 Å². The minimum atomic E-state index is -0.0278. The summed E-state index contributed by atoms with van der Waals surface area (Å²) in [5.41, 5.74) is 0.336. The van der Waals surface area contributed by atoms with E-state index in [1.165, 1.54) is 12.8 Å². The van der Waals surface area contributed by atoms with E-state index in [1.54, 1.807) is 0 Å². The number of fused-ring (bicyclic) bond motifs is 3. The third kappa shape index (κ3) is 0.527. The van der Waals surface area contributed by atoms with E-state index >= 15 is 0 Å². The fourth-order valence-corrected chi connectivity index (χ4v) is 4.00. The molecule has 2 bridgehead atoms. The third-order valence-electron chi connectivity index (χ3n) is 4.69. The summed E-state index contributed by atoms with van der Waals surface area (Å²) in [5, 5.41) is 2.47. The van der Waals surface area contributed by atoms with Crippen molar-refractivity contribution < 1.29 is 9.59 Å². The summed E-state index contributed by atoms with van der Waals surface area (Å²) in [4.78, 5) is 23.2. The first-order chi connectivity index (χ1) is 6.74. The van der Waals surface area contributed by atoms with Crippen molar-refractivity contribution in [1.29, 1.82) is 0 Å². The summed E-state index contributed by atoms with van der Waals surface area (Å²) < 4.78 is 0. The lowest BCUT2D eigenvalue weighted by molar-refractivity contribution is -0.127. The van der Waals surface area contributed by atoms with Crippen molar-refractivity contribution >= 4 is 11.8 Å². The number of carbonyl (C=O) groups excluding carboxylic acids is 2. The number of nitrogens with one attached hydrogen (secondary N) is 1. The molecule has 72 valence electrons. The normalized spacial score (nSPS) is 50.0. The Kier molecular flexibility index (Phi) is 0.932. The predicted molar refractivity (Wildman–Crippen MR) is 47.9 cm³/mol. The van der Waals surface area contributed by atoms with Crippen LogP contribution in [0.15, 0.2) is 12.2 Å². The van der Waals surface area contributed by atoms with Crippen LogP contribution in [0.5, 0.6) is 0 Å². The van der Waals surface area contributed by atoms with E-state index in [2.05, 4.69) is 17.5 Å². The Bertz CT molecular complexity index is 362. The zero-order valence-corrected chi connectivity index (χ0v) is 7.69. The van der Waals surface area contributed by atoms with Crippen LogP contribution in [0, 0.1) is 29.1 Å². The standard InChI is InChI=1S/C11H11NO2/c13-9-7-5-1-2-6(11(5)3-4-11)8(7)10(14)12-9/h1-2,5-8H,3-4H2,(H,12,13,14). The summed E-state index contributed by atoms with van der Waals surface area (Å²) in [5.74, 6) is 0.624. The fraction of sp³-hybridized carbons (Fsp3) is 0.636. The molecule has 4 atom stereocenters. The number of hydrogen-bond acceptors (Lipinski definition) is 2. The van der Waals surface area contributed by atoms with E-state index in [9.17, 15) is 9.59 Å². The molecule has 1 N–H and O–H groups in total. The highest BCUT2D eigenvalue weighted by atomic mass is 16.2. The van der Waals surface area contributed by atoms with Gasteiger partial charge in [-0.1, -0.05) is 12.2 Å². The van der Waals surface area contributed by atoms with Gasteiger partial charge in [-0.05, 0) is 30.1 Å². The van der Waals surface area contributed by atoms with Gasteiger partial charge in [0.05, 0.1) is 11.8 Å². The van der Waals surface area contributed by atoms with Crippen LogP contribution in [0.1, 0.15) is 12.8 Å². The Balaban J connectivity index is 1.89. The molecule has 1 saturated heterocycles. The van der Waals surface area contributed by atoms with E-state index in [0.29, 0.717) is 17.3 Å². The van der Waals surface area contributed by atoms with Gasteiger partial charge in [-0.2, -0.15) is 0 Å². The molecule has 1 heterocycles. The molecule has 3 aliphatic carbocycles. The highest BCUT2D eigenvalue weighted by Crippen LogP contribution is 2.72. The van der Waals surface area contributed by atoms with Crippen LogP contribution in [0.3, 0.4) is 0 Å². The first-order valence-corrected chi connectivity index (χ1v) is 5.27. The van der Waals surface area contributed by atoms with Crippen molar-refractivity contribution in [3.05, 3.63) is 12.2 Å². The van der Waals surface area contributed by atoms with E-state index in [-0.39, 0.29) is 23.7 Å². The number of carbonyl (C=O) groups is 2. The zero-order valence-electron chi connectivity index (χ0n) is 7.69. The van der Waals surface area contributed by atoms with Gasteiger partial charge in [0.15, 0.2) is 0 Å². The summed E-state index contributed by atoms with van der Waals surface area (Å²) in [7, 11) is 0. The summed E-state index contributed by atoms with van der Waals surface area (Å²) in [6, 6.07) is 0. The predicted octanol–water partition coefficient (Wildman–Crippen LogP) is 0.471. The van der Waals surface area contributed by atoms with Crippen molar-refractivity contribution in [1.82, 2.24) is 5.32 Å². The molecule has 14 heavy (non-hydrogen) atoms. The maximum Gasteiger partial charge on any atom is 0.231 e. The molecule has 3 nitrogen and oxygen atoms in total. The van der Waals surface area contributed by atoms with Crippen LogP contribution in [0.25, 0.3) is 0 Å². The van der Waals surface area contributed by atoms with Crippen LogP contribution < -0.4 is 5.32 Å². The number of imide groups is 1. The highest BCUT2D eigenvalue weighted by molar-refractivity contribution is 6.06. The molecule has 0 aromatic carbocycles. The van der Waals surface area contributed by atoms with Crippen LogP contribution in [-0.2, 0) is 9.59 Å². The van der Waals surface area contributed by atoms with Crippen LogP contribution >= 0.6 is 0 Å². The lowest BCUT2D eigenvalue weighted by atomic mass is 9.85. The summed E-state index contributed by atoms with van der Waals surface area (Å²) in [6.45, 7) is 0. The van der Waals surface area contributed by atoms with E-state index in [0.717, 1.165) is 0 Å². The van der Waals surface area contributed by atoms with Crippen molar-refractivity contribution in [3.8, 4) is 0 Å².